The largest absolute Gasteiger partial charge is 0.496 e. The quantitative estimate of drug-likeness (QED) is 0.309. The van der Waals surface area contributed by atoms with Crippen LogP contribution in [0.5, 0.6) is 5.75 Å². The van der Waals surface area contributed by atoms with Crippen LogP contribution in [-0.4, -0.2) is 57.9 Å². The number of amides is 1. The van der Waals surface area contributed by atoms with Crippen LogP contribution < -0.4 is 26.8 Å². The minimum absolute atomic E-state index is 0.0869. The Morgan fingerprint density at radius 1 is 1.22 bits per heavy atom. The van der Waals surface area contributed by atoms with Gasteiger partial charge in [0.15, 0.2) is 15.8 Å². The van der Waals surface area contributed by atoms with Crippen molar-refractivity contribution >= 4 is 33.4 Å². The Balaban J connectivity index is 2.46. The lowest BCUT2D eigenvalue weighted by Gasteiger charge is -2.39. The van der Waals surface area contributed by atoms with Crippen molar-refractivity contribution in [1.82, 2.24) is 0 Å². The third-order valence-corrected chi connectivity index (χ3v) is 5.96. The molecular weight excluding hydrogens is 438 g/mol. The summed E-state index contributed by atoms with van der Waals surface area (Å²) in [5, 5.41) is 0. The first-order valence-corrected chi connectivity index (χ1v) is 11.8. The van der Waals surface area contributed by atoms with Gasteiger partial charge in [0, 0.05) is 18.9 Å². The molecular formula is C20H31N5O6S. The molecule has 1 saturated heterocycles. The van der Waals surface area contributed by atoms with Gasteiger partial charge in [-0.2, -0.15) is 4.99 Å². The van der Waals surface area contributed by atoms with Crippen molar-refractivity contribution < 1.29 is 27.5 Å². The van der Waals surface area contributed by atoms with Crippen LogP contribution >= 0.6 is 0 Å². The van der Waals surface area contributed by atoms with Gasteiger partial charge in [0.1, 0.15) is 11.4 Å². The topological polar surface area (TPSA) is 180 Å². The number of methoxy groups -OCH3 is 1. The van der Waals surface area contributed by atoms with E-state index < -0.39 is 39.4 Å². The van der Waals surface area contributed by atoms with E-state index in [2.05, 4.69) is 4.99 Å². The lowest BCUT2D eigenvalue weighted by atomic mass is 9.93. The Morgan fingerprint density at radius 3 is 2.31 bits per heavy atom. The van der Waals surface area contributed by atoms with Gasteiger partial charge in [0.2, 0.25) is 0 Å². The summed E-state index contributed by atoms with van der Waals surface area (Å²) in [6.45, 7) is 5.67. The van der Waals surface area contributed by atoms with E-state index in [9.17, 15) is 18.0 Å². The molecule has 6 N–H and O–H groups in total. The first-order valence-electron chi connectivity index (χ1n) is 9.95. The van der Waals surface area contributed by atoms with Crippen molar-refractivity contribution in [1.29, 1.82) is 0 Å². The minimum atomic E-state index is -3.78. The average molecular weight is 470 g/mol. The number of nitrogens with two attached hydrogens (primary N) is 3. The number of hydrogen-bond donors (Lipinski definition) is 3. The Kier molecular flexibility index (Phi) is 7.40. The molecule has 1 aliphatic heterocycles. The first kappa shape index (κ1) is 25.4. The Morgan fingerprint density at radius 2 is 1.84 bits per heavy atom. The normalized spacial score (nSPS) is 19.2. The second-order valence-corrected chi connectivity index (χ2v) is 10.6. The van der Waals surface area contributed by atoms with E-state index in [1.165, 1.54) is 19.2 Å². The fraction of sp³-hybridized carbons (Fsp3) is 0.550. The second kappa shape index (κ2) is 9.33. The number of sulfone groups is 1. The van der Waals surface area contributed by atoms with Gasteiger partial charge >= 0.3 is 5.97 Å². The zero-order valence-corrected chi connectivity index (χ0v) is 19.7. The molecule has 1 aliphatic rings. The fourth-order valence-corrected chi connectivity index (χ4v) is 4.37. The molecule has 2 rings (SSSR count). The number of guanidine groups is 1. The van der Waals surface area contributed by atoms with Gasteiger partial charge in [-0.25, -0.2) is 8.42 Å². The van der Waals surface area contributed by atoms with Crippen molar-refractivity contribution in [2.24, 2.45) is 28.1 Å². The number of ether oxygens (including phenoxy) is 2. The zero-order valence-electron chi connectivity index (χ0n) is 18.9. The monoisotopic (exact) mass is 469 g/mol. The molecule has 2 unspecified atom stereocenters. The molecule has 2 atom stereocenters. The lowest BCUT2D eigenvalue weighted by molar-refractivity contribution is -0.161. The van der Waals surface area contributed by atoms with Crippen LogP contribution in [0.15, 0.2) is 22.0 Å². The van der Waals surface area contributed by atoms with Crippen LogP contribution in [0.2, 0.25) is 0 Å². The number of rotatable bonds is 5. The van der Waals surface area contributed by atoms with Crippen LogP contribution in [0, 0.1) is 5.92 Å². The maximum Gasteiger partial charge on any atom is 0.309 e. The molecule has 0 saturated carbocycles. The molecule has 1 fully saturated rings. The number of carbonyl (C=O) groups is 2. The molecule has 0 radical (unpaired) electrons. The fourth-order valence-electron chi connectivity index (χ4n) is 3.48. The molecule has 178 valence electrons. The molecule has 1 heterocycles. The number of aliphatic imine (C=N–C) groups is 1. The highest BCUT2D eigenvalue weighted by Crippen LogP contribution is 2.37. The van der Waals surface area contributed by atoms with Gasteiger partial charge in [-0.15, -0.1) is 0 Å². The summed E-state index contributed by atoms with van der Waals surface area (Å²) in [6, 6.07) is 2.59. The molecule has 1 amide bonds. The van der Waals surface area contributed by atoms with Crippen molar-refractivity contribution in [2.45, 2.75) is 50.3 Å². The Hall–Kier alpha value is -2.86. The average Bonchev–Trinajstić information content (AvgIpc) is 2.64. The number of carbonyl (C=O) groups excluding carboxylic acids is 2. The summed E-state index contributed by atoms with van der Waals surface area (Å²) < 4.78 is 35.8. The molecule has 0 aliphatic carbocycles. The highest BCUT2D eigenvalue weighted by Gasteiger charge is 2.35. The van der Waals surface area contributed by atoms with Crippen molar-refractivity contribution in [3.63, 3.8) is 0 Å². The predicted molar refractivity (Wildman–Crippen MR) is 120 cm³/mol. The first-order chi connectivity index (χ1) is 14.6. The maximum atomic E-state index is 12.6. The number of nitrogens with zero attached hydrogens (tertiary/aromatic N) is 2. The van der Waals surface area contributed by atoms with Gasteiger partial charge < -0.3 is 31.6 Å². The van der Waals surface area contributed by atoms with Gasteiger partial charge in [0.25, 0.3) is 5.91 Å². The smallest absolute Gasteiger partial charge is 0.309 e. The molecule has 0 spiro atoms. The molecule has 0 bridgehead atoms. The molecule has 0 aromatic heterocycles. The van der Waals surface area contributed by atoms with Gasteiger partial charge in [0.05, 0.1) is 35.3 Å². The van der Waals surface area contributed by atoms with Crippen LogP contribution in [0.1, 0.15) is 44.0 Å². The minimum Gasteiger partial charge on any atom is -0.496 e. The lowest BCUT2D eigenvalue weighted by Crippen LogP contribution is -2.50. The molecule has 12 heteroatoms. The summed E-state index contributed by atoms with van der Waals surface area (Å²) in [7, 11) is -2.44. The van der Waals surface area contributed by atoms with E-state index in [0.29, 0.717) is 13.0 Å². The number of hydrogen-bond acceptors (Lipinski definition) is 8. The van der Waals surface area contributed by atoms with Gasteiger partial charge in [-0.05, 0) is 39.7 Å². The van der Waals surface area contributed by atoms with Crippen molar-refractivity contribution in [3.05, 3.63) is 17.7 Å². The summed E-state index contributed by atoms with van der Waals surface area (Å²) in [6.07, 6.45) is 1.05. The Bertz CT molecular complexity index is 1030. The molecule has 32 heavy (non-hydrogen) atoms. The predicted octanol–water partition coefficient (Wildman–Crippen LogP) is 0.355. The number of piperidine rings is 1. The number of benzene rings is 1. The van der Waals surface area contributed by atoms with E-state index in [1.54, 1.807) is 25.7 Å². The van der Waals surface area contributed by atoms with E-state index in [1.807, 2.05) is 0 Å². The van der Waals surface area contributed by atoms with Gasteiger partial charge in [-0.1, -0.05) is 0 Å². The second-order valence-electron chi connectivity index (χ2n) is 8.65. The highest BCUT2D eigenvalue weighted by molar-refractivity contribution is 7.90. The molecule has 11 nitrogen and oxygen atoms in total. The number of esters is 1. The van der Waals surface area contributed by atoms with Crippen LogP contribution in [-0.2, 0) is 19.4 Å². The van der Waals surface area contributed by atoms with E-state index >= 15 is 0 Å². The summed E-state index contributed by atoms with van der Waals surface area (Å²) in [5.74, 6) is -1.97. The van der Waals surface area contributed by atoms with E-state index in [0.717, 1.165) is 6.26 Å². The maximum absolute atomic E-state index is 12.6. The van der Waals surface area contributed by atoms with E-state index in [-0.39, 0.29) is 34.3 Å². The third-order valence-electron chi connectivity index (χ3n) is 4.84. The third kappa shape index (κ3) is 6.10. The van der Waals surface area contributed by atoms with Crippen LogP contribution in [0.25, 0.3) is 0 Å². The molecule has 1 aromatic rings. The standard InChI is InChI=1S/C20H31N5O6S/c1-20(2,3)31-18(27)11-6-7-25(16(21)8-11)13-10-14(30-4)12(17(26)24-19(22)23)9-15(13)32(5,28)29/h9-11,16H,6-8,21H2,1-5H3,(H4,22,23,24,26). The summed E-state index contributed by atoms with van der Waals surface area (Å²) in [5.41, 5.74) is 16.4. The number of anilines is 1. The van der Waals surface area contributed by atoms with E-state index in [4.69, 9.17) is 26.7 Å². The zero-order chi connectivity index (χ0) is 24.4. The van der Waals surface area contributed by atoms with Gasteiger partial charge in [-0.3, -0.25) is 9.59 Å². The molecule has 1 aromatic carbocycles. The Labute approximate surface area is 187 Å². The van der Waals surface area contributed by atoms with Crippen LogP contribution in [0.4, 0.5) is 5.69 Å². The highest BCUT2D eigenvalue weighted by atomic mass is 32.2. The van der Waals surface area contributed by atoms with Crippen LogP contribution in [0.3, 0.4) is 0 Å². The van der Waals surface area contributed by atoms with Crippen molar-refractivity contribution in [3.8, 4) is 5.75 Å². The van der Waals surface area contributed by atoms with Crippen molar-refractivity contribution in [2.75, 3.05) is 24.8 Å². The summed E-state index contributed by atoms with van der Waals surface area (Å²) in [4.78, 5) is 29.9. The summed E-state index contributed by atoms with van der Waals surface area (Å²) >= 11 is 0. The SMILES string of the molecule is COc1cc(N2CCC(C(=O)OC(C)(C)C)CC2N)c(S(C)(=O)=O)cc1C(=O)N=C(N)N.